The van der Waals surface area contributed by atoms with Crippen LogP contribution < -0.4 is 0 Å². The van der Waals surface area contributed by atoms with Gasteiger partial charge in [-0.2, -0.15) is 13.2 Å². The highest BCUT2D eigenvalue weighted by atomic mass is 19.4. The highest BCUT2D eigenvalue weighted by Crippen LogP contribution is 2.24. The Balaban J connectivity index is 4.29. The molecule has 4 heteroatoms. The van der Waals surface area contributed by atoms with Gasteiger partial charge in [-0.05, 0) is 25.2 Å². The highest BCUT2D eigenvalue weighted by molar-refractivity contribution is 5.25. The van der Waals surface area contributed by atoms with Crippen LogP contribution >= 0.6 is 0 Å². The Hall–Kier alpha value is -1.19. The summed E-state index contributed by atoms with van der Waals surface area (Å²) in [5, 5.41) is 8.74. The first kappa shape index (κ1) is 10.8. The van der Waals surface area contributed by atoms with E-state index in [1.807, 2.05) is 0 Å². The van der Waals surface area contributed by atoms with Crippen molar-refractivity contribution in [1.82, 2.24) is 0 Å². The van der Waals surface area contributed by atoms with E-state index in [4.69, 9.17) is 5.11 Å². The standard InChI is InChI=1S/C8H9F3O/c1-3-7(12)5-4-6(2)8(9,10)11/h3-5,12H,2H2,1H3/b5-4-,7-3+. The summed E-state index contributed by atoms with van der Waals surface area (Å²) in [4.78, 5) is 0. The Kier molecular flexibility index (Phi) is 3.60. The van der Waals surface area contributed by atoms with Crippen LogP contribution in [0.3, 0.4) is 0 Å². The predicted molar refractivity (Wildman–Crippen MR) is 40.7 cm³/mol. The normalized spacial score (nSPS) is 13.8. The molecule has 0 aromatic carbocycles. The summed E-state index contributed by atoms with van der Waals surface area (Å²) < 4.78 is 35.3. The van der Waals surface area contributed by atoms with Crippen molar-refractivity contribution >= 4 is 0 Å². The molecule has 0 heterocycles. The van der Waals surface area contributed by atoms with Crippen molar-refractivity contribution in [3.63, 3.8) is 0 Å². The molecule has 0 aliphatic heterocycles. The molecule has 68 valence electrons. The highest BCUT2D eigenvalue weighted by Gasteiger charge is 2.29. The van der Waals surface area contributed by atoms with Crippen LogP contribution in [0.2, 0.25) is 0 Å². The summed E-state index contributed by atoms with van der Waals surface area (Å²) in [6.07, 6.45) is -1.49. The molecule has 0 bridgehead atoms. The van der Waals surface area contributed by atoms with E-state index in [-0.39, 0.29) is 5.76 Å². The predicted octanol–water partition coefficient (Wildman–Crippen LogP) is 3.12. The number of hydrogen-bond acceptors (Lipinski definition) is 1. The van der Waals surface area contributed by atoms with Crippen molar-refractivity contribution in [2.24, 2.45) is 0 Å². The zero-order chi connectivity index (χ0) is 9.78. The van der Waals surface area contributed by atoms with E-state index in [1.54, 1.807) is 0 Å². The second kappa shape index (κ2) is 3.99. The van der Waals surface area contributed by atoms with Crippen LogP contribution in [0.1, 0.15) is 6.92 Å². The van der Waals surface area contributed by atoms with Gasteiger partial charge in [0.05, 0.1) is 0 Å². The maximum absolute atomic E-state index is 11.8. The zero-order valence-electron chi connectivity index (χ0n) is 6.52. The van der Waals surface area contributed by atoms with E-state index in [2.05, 4.69) is 6.58 Å². The Bertz CT molecular complexity index is 223. The van der Waals surface area contributed by atoms with Crippen LogP contribution in [-0.2, 0) is 0 Å². The second-order valence-electron chi connectivity index (χ2n) is 2.07. The number of halogens is 3. The van der Waals surface area contributed by atoms with Gasteiger partial charge in [-0.3, -0.25) is 0 Å². The topological polar surface area (TPSA) is 20.2 Å². The second-order valence-corrected chi connectivity index (χ2v) is 2.07. The minimum absolute atomic E-state index is 0.222. The largest absolute Gasteiger partial charge is 0.508 e. The quantitative estimate of drug-likeness (QED) is 0.508. The number of aliphatic hydroxyl groups is 1. The van der Waals surface area contributed by atoms with E-state index in [1.165, 1.54) is 13.0 Å². The summed E-state index contributed by atoms with van der Waals surface area (Å²) in [6.45, 7) is 4.29. The fourth-order valence-corrected chi connectivity index (χ4v) is 0.377. The first-order valence-corrected chi connectivity index (χ1v) is 3.17. The Morgan fingerprint density at radius 1 is 1.33 bits per heavy atom. The average Bonchev–Trinajstić information content (AvgIpc) is 1.97. The van der Waals surface area contributed by atoms with Crippen LogP contribution in [0, 0.1) is 0 Å². The molecule has 0 amide bonds. The molecule has 12 heavy (non-hydrogen) atoms. The molecule has 0 unspecified atom stereocenters. The Morgan fingerprint density at radius 2 is 1.83 bits per heavy atom. The van der Waals surface area contributed by atoms with Gasteiger partial charge in [-0.15, -0.1) is 0 Å². The molecule has 0 aromatic rings. The van der Waals surface area contributed by atoms with Gasteiger partial charge in [0.1, 0.15) is 5.76 Å². The van der Waals surface area contributed by atoms with E-state index < -0.39 is 11.7 Å². The van der Waals surface area contributed by atoms with Gasteiger partial charge in [-0.25, -0.2) is 0 Å². The molecule has 0 saturated carbocycles. The van der Waals surface area contributed by atoms with Gasteiger partial charge in [0.25, 0.3) is 0 Å². The molecule has 1 N–H and O–H groups in total. The van der Waals surface area contributed by atoms with Crippen LogP contribution in [0.4, 0.5) is 13.2 Å². The SMILES string of the molecule is C=C(/C=C\C(O)=C/C)C(F)(F)F. The molecule has 0 atom stereocenters. The van der Waals surface area contributed by atoms with Crippen LogP contribution in [0.5, 0.6) is 0 Å². The average molecular weight is 178 g/mol. The molecule has 0 aliphatic rings. The van der Waals surface area contributed by atoms with Gasteiger partial charge in [0.15, 0.2) is 0 Å². The van der Waals surface area contributed by atoms with Crippen molar-refractivity contribution in [2.45, 2.75) is 13.1 Å². The zero-order valence-corrected chi connectivity index (χ0v) is 6.52. The summed E-state index contributed by atoms with van der Waals surface area (Å²) in [5.74, 6) is -0.222. The summed E-state index contributed by atoms with van der Waals surface area (Å²) in [7, 11) is 0. The minimum Gasteiger partial charge on any atom is -0.508 e. The van der Waals surface area contributed by atoms with Gasteiger partial charge in [0, 0.05) is 5.57 Å². The maximum Gasteiger partial charge on any atom is 0.415 e. The van der Waals surface area contributed by atoms with E-state index in [0.29, 0.717) is 0 Å². The monoisotopic (exact) mass is 178 g/mol. The molecule has 0 radical (unpaired) electrons. The number of alkyl halides is 3. The first-order chi connectivity index (χ1) is 5.38. The lowest BCUT2D eigenvalue weighted by Gasteiger charge is -2.03. The minimum atomic E-state index is -4.43. The van der Waals surface area contributed by atoms with Crippen LogP contribution in [0.15, 0.2) is 36.1 Å². The summed E-state index contributed by atoms with van der Waals surface area (Å²) in [6, 6.07) is 0. The smallest absolute Gasteiger partial charge is 0.415 e. The number of hydrogen-bond donors (Lipinski definition) is 1. The van der Waals surface area contributed by atoms with Crippen LogP contribution in [0.25, 0.3) is 0 Å². The molecule has 0 aromatic heterocycles. The lowest BCUT2D eigenvalue weighted by molar-refractivity contribution is -0.0878. The van der Waals surface area contributed by atoms with Gasteiger partial charge >= 0.3 is 6.18 Å². The number of allylic oxidation sites excluding steroid dienone is 4. The molecule has 0 spiro atoms. The fraction of sp³-hybridized carbons (Fsp3) is 0.250. The van der Waals surface area contributed by atoms with Gasteiger partial charge in [0.2, 0.25) is 0 Å². The van der Waals surface area contributed by atoms with Crippen molar-refractivity contribution in [3.05, 3.63) is 36.1 Å². The van der Waals surface area contributed by atoms with Gasteiger partial charge in [-0.1, -0.05) is 6.58 Å². The lowest BCUT2D eigenvalue weighted by Crippen LogP contribution is -2.08. The Labute approximate surface area is 68.5 Å². The molecule has 0 saturated heterocycles. The van der Waals surface area contributed by atoms with E-state index in [0.717, 1.165) is 12.2 Å². The number of rotatable bonds is 2. The summed E-state index contributed by atoms with van der Waals surface area (Å²) >= 11 is 0. The fourth-order valence-electron chi connectivity index (χ4n) is 0.377. The molecular formula is C8H9F3O. The molecule has 0 rings (SSSR count). The van der Waals surface area contributed by atoms with Crippen molar-refractivity contribution in [1.29, 1.82) is 0 Å². The van der Waals surface area contributed by atoms with Crippen molar-refractivity contribution in [3.8, 4) is 0 Å². The third kappa shape index (κ3) is 3.85. The number of aliphatic hydroxyl groups excluding tert-OH is 1. The molecule has 1 nitrogen and oxygen atoms in total. The third-order valence-corrected chi connectivity index (χ3v) is 1.12. The van der Waals surface area contributed by atoms with Crippen LogP contribution in [-0.4, -0.2) is 11.3 Å². The molecule has 0 aliphatic carbocycles. The van der Waals surface area contributed by atoms with E-state index in [9.17, 15) is 13.2 Å². The third-order valence-electron chi connectivity index (χ3n) is 1.12. The van der Waals surface area contributed by atoms with Crippen molar-refractivity contribution in [2.75, 3.05) is 0 Å². The molecule has 0 fully saturated rings. The lowest BCUT2D eigenvalue weighted by atomic mass is 10.2. The Morgan fingerprint density at radius 3 is 2.17 bits per heavy atom. The maximum atomic E-state index is 11.8. The van der Waals surface area contributed by atoms with E-state index >= 15 is 0 Å². The van der Waals surface area contributed by atoms with Crippen molar-refractivity contribution < 1.29 is 18.3 Å². The first-order valence-electron chi connectivity index (χ1n) is 3.17. The molecular weight excluding hydrogens is 169 g/mol. The summed E-state index contributed by atoms with van der Waals surface area (Å²) in [5.41, 5.74) is -0.990. The van der Waals surface area contributed by atoms with Gasteiger partial charge < -0.3 is 5.11 Å².